The summed E-state index contributed by atoms with van der Waals surface area (Å²) < 4.78 is 11.9. The van der Waals surface area contributed by atoms with Crippen LogP contribution in [-0.4, -0.2) is 31.8 Å². The minimum atomic E-state index is -0.463. The molecule has 1 heterocycles. The molecule has 1 aromatic carbocycles. The summed E-state index contributed by atoms with van der Waals surface area (Å²) in [6.45, 7) is 0.723. The highest BCUT2D eigenvalue weighted by atomic mass is 79.9. The van der Waals surface area contributed by atoms with Gasteiger partial charge in [0, 0.05) is 23.0 Å². The summed E-state index contributed by atoms with van der Waals surface area (Å²) >= 11 is 3.55. The van der Waals surface area contributed by atoms with Crippen molar-refractivity contribution in [3.05, 3.63) is 34.3 Å². The largest absolute Gasteiger partial charge is 0.467 e. The second kappa shape index (κ2) is 6.91. The molecule has 0 aromatic heterocycles. The van der Waals surface area contributed by atoms with Crippen molar-refractivity contribution in [1.29, 1.82) is 0 Å². The van der Waals surface area contributed by atoms with Crippen molar-refractivity contribution in [3.63, 3.8) is 0 Å². The molecular formula is C18H24BrNO3. The van der Waals surface area contributed by atoms with E-state index >= 15 is 0 Å². The van der Waals surface area contributed by atoms with Crippen molar-refractivity contribution in [2.75, 3.05) is 20.3 Å². The fourth-order valence-corrected chi connectivity index (χ4v) is 4.40. The van der Waals surface area contributed by atoms with Crippen LogP contribution in [0.25, 0.3) is 0 Å². The van der Waals surface area contributed by atoms with Crippen molar-refractivity contribution in [1.82, 2.24) is 5.32 Å². The highest BCUT2D eigenvalue weighted by Crippen LogP contribution is 2.45. The molecule has 0 amide bonds. The summed E-state index contributed by atoms with van der Waals surface area (Å²) in [7, 11) is 1.40. The average molecular weight is 382 g/mol. The van der Waals surface area contributed by atoms with Gasteiger partial charge in [-0.15, -0.1) is 0 Å². The summed E-state index contributed by atoms with van der Waals surface area (Å²) in [5.74, 6) is -0.330. The Hall–Kier alpha value is -0.910. The smallest absolute Gasteiger partial charge is 0.331 e. The molecule has 1 spiro atoms. The Morgan fingerprint density at radius 2 is 2.09 bits per heavy atom. The minimum absolute atomic E-state index is 0.0131. The first-order valence-electron chi connectivity index (χ1n) is 8.29. The first-order chi connectivity index (χ1) is 11.1. The van der Waals surface area contributed by atoms with Crippen LogP contribution < -0.4 is 5.32 Å². The number of hydrogen-bond acceptors (Lipinski definition) is 4. The summed E-state index contributed by atoms with van der Waals surface area (Å²) in [5.41, 5.74) is 0.803. The molecule has 1 aromatic rings. The van der Waals surface area contributed by atoms with Gasteiger partial charge in [0.2, 0.25) is 0 Å². The number of hydrogen-bond donors (Lipinski definition) is 1. The SMILES string of the molecule is COC(=O)COC1(c2cccc(Br)c2)CNC2(CCCCC2)C1. The second-order valence-electron chi connectivity index (χ2n) is 6.74. The zero-order valence-corrected chi connectivity index (χ0v) is 15.2. The number of carbonyl (C=O) groups excluding carboxylic acids is 1. The fraction of sp³-hybridized carbons (Fsp3) is 0.611. The van der Waals surface area contributed by atoms with Crippen LogP contribution in [0.2, 0.25) is 0 Å². The minimum Gasteiger partial charge on any atom is -0.467 e. The summed E-state index contributed by atoms with van der Waals surface area (Å²) in [6.07, 6.45) is 7.12. The Kier molecular flexibility index (Phi) is 5.09. The van der Waals surface area contributed by atoms with Gasteiger partial charge in [0.05, 0.1) is 7.11 Å². The number of methoxy groups -OCH3 is 1. The van der Waals surface area contributed by atoms with Crippen LogP contribution in [0, 0.1) is 0 Å². The van der Waals surface area contributed by atoms with Crippen molar-refractivity contribution in [2.45, 2.75) is 49.7 Å². The van der Waals surface area contributed by atoms with Gasteiger partial charge in [0.25, 0.3) is 0 Å². The third kappa shape index (κ3) is 3.62. The van der Waals surface area contributed by atoms with E-state index in [1.165, 1.54) is 39.2 Å². The zero-order chi connectivity index (χ0) is 16.3. The molecule has 3 rings (SSSR count). The number of esters is 1. The quantitative estimate of drug-likeness (QED) is 0.810. The van der Waals surface area contributed by atoms with E-state index in [1.54, 1.807) is 0 Å². The molecule has 1 unspecified atom stereocenters. The van der Waals surface area contributed by atoms with Crippen molar-refractivity contribution in [2.24, 2.45) is 0 Å². The van der Waals surface area contributed by atoms with Gasteiger partial charge < -0.3 is 14.8 Å². The lowest BCUT2D eigenvalue weighted by atomic mass is 9.76. The zero-order valence-electron chi connectivity index (χ0n) is 13.6. The summed E-state index contributed by atoms with van der Waals surface area (Å²) in [5, 5.41) is 3.73. The molecule has 2 fully saturated rings. The van der Waals surface area contributed by atoms with Gasteiger partial charge in [-0.2, -0.15) is 0 Å². The molecule has 23 heavy (non-hydrogen) atoms. The molecule has 1 atom stereocenters. The normalized spacial score (nSPS) is 26.3. The fourth-order valence-electron chi connectivity index (χ4n) is 4.00. The summed E-state index contributed by atoms with van der Waals surface area (Å²) in [6, 6.07) is 8.22. The lowest BCUT2D eigenvalue weighted by molar-refractivity contribution is -0.153. The van der Waals surface area contributed by atoms with Crippen molar-refractivity contribution >= 4 is 21.9 Å². The number of nitrogens with one attached hydrogen (secondary N) is 1. The topological polar surface area (TPSA) is 47.6 Å². The van der Waals surface area contributed by atoms with Gasteiger partial charge in [0.1, 0.15) is 12.2 Å². The molecule has 1 saturated heterocycles. The molecule has 126 valence electrons. The third-order valence-corrected chi connectivity index (χ3v) is 5.72. The van der Waals surface area contributed by atoms with Gasteiger partial charge in [-0.1, -0.05) is 47.3 Å². The number of ether oxygens (including phenoxy) is 2. The van der Waals surface area contributed by atoms with Crippen LogP contribution in [-0.2, 0) is 19.9 Å². The Balaban J connectivity index is 1.87. The molecule has 1 N–H and O–H groups in total. The van der Waals surface area contributed by atoms with Crippen LogP contribution in [0.15, 0.2) is 28.7 Å². The highest BCUT2D eigenvalue weighted by Gasteiger charge is 2.50. The van der Waals surface area contributed by atoms with E-state index in [4.69, 9.17) is 9.47 Å². The van der Waals surface area contributed by atoms with Gasteiger partial charge in [-0.05, 0) is 30.5 Å². The lowest BCUT2D eigenvalue weighted by Gasteiger charge is -2.36. The van der Waals surface area contributed by atoms with Gasteiger partial charge >= 0.3 is 5.97 Å². The van der Waals surface area contributed by atoms with Crippen LogP contribution >= 0.6 is 15.9 Å². The molecule has 0 bridgehead atoms. The van der Waals surface area contributed by atoms with Gasteiger partial charge in [-0.25, -0.2) is 4.79 Å². The molecule has 0 radical (unpaired) electrons. The second-order valence-corrected chi connectivity index (χ2v) is 7.66. The van der Waals surface area contributed by atoms with Crippen LogP contribution in [0.1, 0.15) is 44.1 Å². The maximum Gasteiger partial charge on any atom is 0.331 e. The molecule has 2 aliphatic rings. The van der Waals surface area contributed by atoms with E-state index in [-0.39, 0.29) is 18.1 Å². The molecule has 1 aliphatic heterocycles. The number of benzene rings is 1. The molecule has 4 nitrogen and oxygen atoms in total. The molecule has 1 saturated carbocycles. The molecule has 1 aliphatic carbocycles. The van der Waals surface area contributed by atoms with E-state index in [2.05, 4.69) is 33.4 Å². The molecular weight excluding hydrogens is 358 g/mol. The van der Waals surface area contributed by atoms with E-state index in [0.717, 1.165) is 23.0 Å². The maximum atomic E-state index is 11.6. The average Bonchev–Trinajstić information content (AvgIpc) is 2.93. The predicted octanol–water partition coefficient (Wildman–Crippen LogP) is 3.53. The first kappa shape index (κ1) is 16.9. The maximum absolute atomic E-state index is 11.6. The van der Waals surface area contributed by atoms with Crippen LogP contribution in [0.3, 0.4) is 0 Å². The van der Waals surface area contributed by atoms with Crippen molar-refractivity contribution < 1.29 is 14.3 Å². The van der Waals surface area contributed by atoms with Crippen LogP contribution in [0.5, 0.6) is 0 Å². The van der Waals surface area contributed by atoms with E-state index in [9.17, 15) is 4.79 Å². The van der Waals surface area contributed by atoms with E-state index in [0.29, 0.717) is 0 Å². The first-order valence-corrected chi connectivity index (χ1v) is 9.09. The van der Waals surface area contributed by atoms with Crippen molar-refractivity contribution in [3.8, 4) is 0 Å². The third-order valence-electron chi connectivity index (χ3n) is 5.23. The Morgan fingerprint density at radius 3 is 2.78 bits per heavy atom. The Labute approximate surface area is 146 Å². The monoisotopic (exact) mass is 381 g/mol. The predicted molar refractivity (Wildman–Crippen MR) is 92.2 cm³/mol. The number of rotatable bonds is 4. The highest BCUT2D eigenvalue weighted by molar-refractivity contribution is 9.10. The van der Waals surface area contributed by atoms with Crippen LogP contribution in [0.4, 0.5) is 0 Å². The van der Waals surface area contributed by atoms with E-state index in [1.807, 2.05) is 12.1 Å². The lowest BCUT2D eigenvalue weighted by Crippen LogP contribution is -2.41. The van der Waals surface area contributed by atoms with Gasteiger partial charge in [-0.3, -0.25) is 0 Å². The molecule has 5 heteroatoms. The van der Waals surface area contributed by atoms with Gasteiger partial charge in [0.15, 0.2) is 0 Å². The van der Waals surface area contributed by atoms with E-state index < -0.39 is 5.60 Å². The standard InChI is InChI=1S/C18H24BrNO3/c1-22-16(21)11-23-18(14-6-5-7-15(19)10-14)12-17(20-13-18)8-3-2-4-9-17/h5-7,10,20H,2-4,8-9,11-13H2,1H3. The number of carbonyl (C=O) groups is 1. The Bertz CT molecular complexity index is 571. The summed E-state index contributed by atoms with van der Waals surface area (Å²) in [4.78, 5) is 11.6. The number of halogens is 1. The Morgan fingerprint density at radius 1 is 1.30 bits per heavy atom.